The summed E-state index contributed by atoms with van der Waals surface area (Å²) in [5, 5.41) is 0.295. The Balaban J connectivity index is 2.41. The predicted molar refractivity (Wildman–Crippen MR) is 50.7 cm³/mol. The third-order valence-corrected chi connectivity index (χ3v) is 1.51. The summed E-state index contributed by atoms with van der Waals surface area (Å²) in [5.41, 5.74) is 0. The zero-order chi connectivity index (χ0) is 8.97. The molecule has 1 saturated carbocycles. The van der Waals surface area contributed by atoms with E-state index in [1.54, 1.807) is 6.92 Å². The molecule has 0 spiro atoms. The van der Waals surface area contributed by atoms with Crippen molar-refractivity contribution in [3.8, 4) is 0 Å². The van der Waals surface area contributed by atoms with Gasteiger partial charge in [-0.25, -0.2) is 4.99 Å². The molecule has 0 saturated heterocycles. The van der Waals surface area contributed by atoms with E-state index in [4.69, 9.17) is 16.3 Å². The predicted octanol–water partition coefficient (Wildman–Crippen LogP) is 2.32. The summed E-state index contributed by atoms with van der Waals surface area (Å²) in [6.07, 6.45) is 3.97. The second-order valence-electron chi connectivity index (χ2n) is 2.58. The minimum absolute atomic E-state index is 0.295. The second-order valence-corrected chi connectivity index (χ2v) is 2.97. The molecule has 3 nitrogen and oxygen atoms in total. The third-order valence-electron chi connectivity index (χ3n) is 1.32. The Labute approximate surface area is 76.8 Å². The van der Waals surface area contributed by atoms with E-state index < -0.39 is 0 Å². The van der Waals surface area contributed by atoms with Gasteiger partial charge >= 0.3 is 0 Å². The Morgan fingerprint density at radius 2 is 2.33 bits per heavy atom. The van der Waals surface area contributed by atoms with E-state index >= 15 is 0 Å². The molecular formula is C8H11ClN2O. The molecule has 1 rings (SSSR count). The van der Waals surface area contributed by atoms with Gasteiger partial charge in [-0.1, -0.05) is 11.6 Å². The number of hydrogen-bond acceptors (Lipinski definition) is 3. The van der Waals surface area contributed by atoms with Gasteiger partial charge in [0.2, 0.25) is 0 Å². The van der Waals surface area contributed by atoms with Crippen molar-refractivity contribution in [3.63, 3.8) is 0 Å². The number of ether oxygens (including phenoxy) is 1. The van der Waals surface area contributed by atoms with Crippen LogP contribution >= 0.6 is 11.6 Å². The van der Waals surface area contributed by atoms with Gasteiger partial charge < -0.3 is 4.74 Å². The molecule has 0 bridgehead atoms. The fourth-order valence-corrected chi connectivity index (χ4v) is 0.896. The van der Waals surface area contributed by atoms with Crippen molar-refractivity contribution >= 4 is 24.2 Å². The third kappa shape index (κ3) is 3.53. The SMILES string of the molecule is C=N/C=C(/Cl)N=C(C)OC1CC1. The number of aliphatic imine (C=N–C) groups is 2. The van der Waals surface area contributed by atoms with Crippen LogP contribution in [0.1, 0.15) is 19.8 Å². The average Bonchev–Trinajstić information content (AvgIpc) is 2.71. The molecule has 4 heteroatoms. The summed E-state index contributed by atoms with van der Waals surface area (Å²) in [4.78, 5) is 7.41. The van der Waals surface area contributed by atoms with Crippen LogP contribution in [0.3, 0.4) is 0 Å². The zero-order valence-electron chi connectivity index (χ0n) is 6.96. The molecule has 1 fully saturated rings. The van der Waals surface area contributed by atoms with Gasteiger partial charge in [0, 0.05) is 6.92 Å². The lowest BCUT2D eigenvalue weighted by atomic mass is 10.7. The van der Waals surface area contributed by atoms with Crippen molar-refractivity contribution in [2.24, 2.45) is 9.98 Å². The van der Waals surface area contributed by atoms with Crippen LogP contribution in [0.2, 0.25) is 0 Å². The summed E-state index contributed by atoms with van der Waals surface area (Å²) in [5.74, 6) is 0.586. The fourth-order valence-electron chi connectivity index (χ4n) is 0.708. The van der Waals surface area contributed by atoms with E-state index in [1.807, 2.05) is 0 Å². The van der Waals surface area contributed by atoms with Crippen molar-refractivity contribution in [1.29, 1.82) is 0 Å². The second kappa shape index (κ2) is 4.26. The molecule has 0 heterocycles. The van der Waals surface area contributed by atoms with Crippen molar-refractivity contribution in [1.82, 2.24) is 0 Å². The lowest BCUT2D eigenvalue weighted by Crippen LogP contribution is -2.00. The average molecular weight is 187 g/mol. The van der Waals surface area contributed by atoms with Crippen LogP contribution < -0.4 is 0 Å². The Morgan fingerprint density at radius 1 is 1.67 bits per heavy atom. The summed E-state index contributed by atoms with van der Waals surface area (Å²) < 4.78 is 5.34. The molecule has 0 aliphatic heterocycles. The molecule has 1 aliphatic rings. The van der Waals surface area contributed by atoms with Gasteiger partial charge in [-0.05, 0) is 19.6 Å². The summed E-state index contributed by atoms with van der Waals surface area (Å²) >= 11 is 5.64. The Bertz CT molecular complexity index is 231. The minimum atomic E-state index is 0.295. The number of hydrogen-bond donors (Lipinski definition) is 0. The highest BCUT2D eigenvalue weighted by atomic mass is 35.5. The molecule has 0 unspecified atom stereocenters. The molecule has 0 atom stereocenters. The Kier molecular flexibility index (Phi) is 3.29. The largest absolute Gasteiger partial charge is 0.478 e. The quantitative estimate of drug-likeness (QED) is 0.378. The Morgan fingerprint density at radius 3 is 2.83 bits per heavy atom. The maximum absolute atomic E-state index is 5.64. The van der Waals surface area contributed by atoms with Crippen molar-refractivity contribution in [2.45, 2.75) is 25.9 Å². The highest BCUT2D eigenvalue weighted by Gasteiger charge is 2.23. The first-order valence-electron chi connectivity index (χ1n) is 3.76. The lowest BCUT2D eigenvalue weighted by molar-refractivity contribution is 0.287. The molecule has 0 aromatic carbocycles. The molecule has 66 valence electrons. The molecule has 0 radical (unpaired) electrons. The van der Waals surface area contributed by atoms with Crippen molar-refractivity contribution in [2.75, 3.05) is 0 Å². The molecule has 12 heavy (non-hydrogen) atoms. The van der Waals surface area contributed by atoms with Crippen LogP contribution in [0.5, 0.6) is 0 Å². The van der Waals surface area contributed by atoms with Crippen LogP contribution in [0.15, 0.2) is 21.3 Å². The van der Waals surface area contributed by atoms with Crippen LogP contribution in [-0.2, 0) is 4.74 Å². The summed E-state index contributed by atoms with van der Waals surface area (Å²) in [6, 6.07) is 0. The number of halogens is 1. The molecule has 0 N–H and O–H groups in total. The van der Waals surface area contributed by atoms with Gasteiger partial charge in [0.15, 0.2) is 11.1 Å². The van der Waals surface area contributed by atoms with E-state index in [1.165, 1.54) is 6.20 Å². The smallest absolute Gasteiger partial charge is 0.186 e. The normalized spacial score (nSPS) is 19.2. The molecule has 0 amide bonds. The minimum Gasteiger partial charge on any atom is -0.478 e. The topological polar surface area (TPSA) is 34.0 Å². The highest BCUT2D eigenvalue weighted by Crippen LogP contribution is 2.24. The molecule has 0 aromatic rings. The van der Waals surface area contributed by atoms with Crippen LogP contribution in [0, 0.1) is 0 Å². The van der Waals surface area contributed by atoms with Crippen molar-refractivity contribution < 1.29 is 4.74 Å². The maximum Gasteiger partial charge on any atom is 0.186 e. The van der Waals surface area contributed by atoms with E-state index in [0.717, 1.165) is 12.8 Å². The fraction of sp³-hybridized carbons (Fsp3) is 0.500. The van der Waals surface area contributed by atoms with Crippen LogP contribution in [0.4, 0.5) is 0 Å². The zero-order valence-corrected chi connectivity index (χ0v) is 7.71. The van der Waals surface area contributed by atoms with Crippen molar-refractivity contribution in [3.05, 3.63) is 11.4 Å². The van der Waals surface area contributed by atoms with E-state index in [-0.39, 0.29) is 0 Å². The standard InChI is InChI=1S/C8H11ClN2O/c1-6(12-7-3-4-7)11-8(9)5-10-2/h5,7H,2-4H2,1H3/b8-5-,11-6?. The first-order valence-corrected chi connectivity index (χ1v) is 4.13. The summed E-state index contributed by atoms with van der Waals surface area (Å²) in [6.45, 7) is 5.04. The van der Waals surface area contributed by atoms with E-state index in [9.17, 15) is 0 Å². The van der Waals surface area contributed by atoms with Gasteiger partial charge in [0.05, 0.1) is 6.20 Å². The van der Waals surface area contributed by atoms with Gasteiger partial charge in [0.1, 0.15) is 6.10 Å². The summed E-state index contributed by atoms with van der Waals surface area (Å²) in [7, 11) is 0. The van der Waals surface area contributed by atoms with Gasteiger partial charge in [0.25, 0.3) is 0 Å². The van der Waals surface area contributed by atoms with E-state index in [0.29, 0.717) is 17.2 Å². The number of nitrogens with zero attached hydrogens (tertiary/aromatic N) is 2. The first-order chi connectivity index (χ1) is 5.72. The van der Waals surface area contributed by atoms with Crippen LogP contribution in [-0.4, -0.2) is 18.7 Å². The highest BCUT2D eigenvalue weighted by molar-refractivity contribution is 6.29. The molecule has 1 aliphatic carbocycles. The van der Waals surface area contributed by atoms with Gasteiger partial charge in [-0.3, -0.25) is 4.99 Å². The lowest BCUT2D eigenvalue weighted by Gasteiger charge is -2.00. The van der Waals surface area contributed by atoms with Crippen LogP contribution in [0.25, 0.3) is 0 Å². The first kappa shape index (κ1) is 9.26. The maximum atomic E-state index is 5.64. The molecule has 0 aromatic heterocycles. The van der Waals surface area contributed by atoms with Gasteiger partial charge in [-0.15, -0.1) is 0 Å². The Hall–Kier alpha value is -0.830. The number of rotatable bonds is 3. The monoisotopic (exact) mass is 186 g/mol. The van der Waals surface area contributed by atoms with E-state index in [2.05, 4.69) is 16.7 Å². The van der Waals surface area contributed by atoms with Gasteiger partial charge in [-0.2, -0.15) is 0 Å². The molecular weight excluding hydrogens is 176 g/mol.